The molecule has 0 aromatic heterocycles. The van der Waals surface area contributed by atoms with Gasteiger partial charge in [0.15, 0.2) is 0 Å². The van der Waals surface area contributed by atoms with Gasteiger partial charge in [0, 0.05) is 5.56 Å². The zero-order chi connectivity index (χ0) is 12.5. The maximum Gasteiger partial charge on any atom is 0.419 e. The lowest BCUT2D eigenvalue weighted by molar-refractivity contribution is -0.143. The number of carbonyl (C=O) groups is 1. The third-order valence-corrected chi connectivity index (χ3v) is 1.81. The maximum absolute atomic E-state index is 12.9. The van der Waals surface area contributed by atoms with Gasteiger partial charge in [-0.05, 0) is 12.1 Å². The van der Waals surface area contributed by atoms with Gasteiger partial charge in [-0.2, -0.15) is 13.2 Å². The molecule has 16 heavy (non-hydrogen) atoms. The van der Waals surface area contributed by atoms with Crippen molar-refractivity contribution in [3.05, 3.63) is 35.1 Å². The molecule has 1 unspecified atom stereocenters. The Bertz CT molecular complexity index is 413. The number of hydrogen-bond donors (Lipinski definition) is 1. The number of rotatable bonds is 2. The summed E-state index contributed by atoms with van der Waals surface area (Å²) in [6.45, 7) is 0. The zero-order valence-electron chi connectivity index (χ0n) is 7.55. The smallest absolute Gasteiger partial charge is 0.419 e. The molecule has 0 saturated carbocycles. The van der Waals surface area contributed by atoms with Crippen LogP contribution < -0.4 is 0 Å². The lowest BCUT2D eigenvalue weighted by atomic mass is 10.1. The first-order valence-electron chi connectivity index (χ1n) is 3.97. The van der Waals surface area contributed by atoms with Crippen LogP contribution in [0.5, 0.6) is 0 Å². The molecule has 88 valence electrons. The lowest BCUT2D eigenvalue weighted by Gasteiger charge is -2.09. The first-order valence-corrected chi connectivity index (χ1v) is 3.97. The number of hydrogen-bond acceptors (Lipinski definition) is 1. The van der Waals surface area contributed by atoms with E-state index in [2.05, 4.69) is 0 Å². The fraction of sp³-hybridized carbons (Fsp3) is 0.222. The Balaban J connectivity index is 3.14. The third-order valence-electron chi connectivity index (χ3n) is 1.81. The van der Waals surface area contributed by atoms with Gasteiger partial charge in [-0.1, -0.05) is 6.07 Å². The summed E-state index contributed by atoms with van der Waals surface area (Å²) < 4.78 is 62.0. The topological polar surface area (TPSA) is 37.3 Å². The molecule has 0 fully saturated rings. The van der Waals surface area contributed by atoms with Crippen LogP contribution in [0.2, 0.25) is 0 Å². The van der Waals surface area contributed by atoms with Gasteiger partial charge in [0.1, 0.15) is 5.82 Å². The van der Waals surface area contributed by atoms with Crippen LogP contribution in [0.1, 0.15) is 17.3 Å². The molecule has 0 heterocycles. The van der Waals surface area contributed by atoms with Crippen LogP contribution in [0.4, 0.5) is 22.0 Å². The highest BCUT2D eigenvalue weighted by atomic mass is 19.4. The molecule has 0 saturated heterocycles. The minimum absolute atomic E-state index is 0.224. The highest BCUT2D eigenvalue weighted by Gasteiger charge is 2.34. The van der Waals surface area contributed by atoms with Gasteiger partial charge in [0.2, 0.25) is 6.17 Å². The molecular weight excluding hydrogens is 235 g/mol. The minimum atomic E-state index is -4.89. The van der Waals surface area contributed by atoms with E-state index in [1.54, 1.807) is 0 Å². The number of benzene rings is 1. The molecule has 7 heteroatoms. The van der Waals surface area contributed by atoms with Crippen molar-refractivity contribution >= 4 is 5.97 Å². The van der Waals surface area contributed by atoms with E-state index in [4.69, 9.17) is 5.11 Å². The normalized spacial score (nSPS) is 13.6. The molecule has 0 radical (unpaired) electrons. The monoisotopic (exact) mass is 240 g/mol. The van der Waals surface area contributed by atoms with E-state index >= 15 is 0 Å². The summed E-state index contributed by atoms with van der Waals surface area (Å²) >= 11 is 0. The molecular formula is C9H5F5O2. The van der Waals surface area contributed by atoms with Crippen LogP contribution in [-0.4, -0.2) is 11.1 Å². The molecule has 1 N–H and O–H groups in total. The molecule has 0 aliphatic rings. The highest BCUT2D eigenvalue weighted by molar-refractivity contribution is 5.74. The number of halogens is 5. The Morgan fingerprint density at radius 2 is 1.88 bits per heavy atom. The summed E-state index contributed by atoms with van der Waals surface area (Å²) in [5, 5.41) is 8.24. The van der Waals surface area contributed by atoms with E-state index in [1.165, 1.54) is 0 Å². The summed E-state index contributed by atoms with van der Waals surface area (Å²) in [6, 6.07) is 1.12. The van der Waals surface area contributed by atoms with Gasteiger partial charge < -0.3 is 5.11 Å². The number of aliphatic carboxylic acids is 1. The number of alkyl halides is 4. The van der Waals surface area contributed by atoms with Crippen molar-refractivity contribution in [2.24, 2.45) is 0 Å². The predicted octanol–water partition coefficient (Wildman–Crippen LogP) is 2.94. The van der Waals surface area contributed by atoms with Gasteiger partial charge in [-0.3, -0.25) is 0 Å². The van der Waals surface area contributed by atoms with Crippen molar-refractivity contribution < 1.29 is 31.9 Å². The van der Waals surface area contributed by atoms with Gasteiger partial charge in [0.25, 0.3) is 0 Å². The molecule has 1 atom stereocenters. The third kappa shape index (κ3) is 2.47. The summed E-state index contributed by atoms with van der Waals surface area (Å²) in [6.07, 6.45) is -7.44. The van der Waals surface area contributed by atoms with Crippen LogP contribution in [-0.2, 0) is 11.0 Å². The molecule has 1 aromatic carbocycles. The summed E-state index contributed by atoms with van der Waals surface area (Å²) in [7, 11) is 0. The molecule has 0 spiro atoms. The van der Waals surface area contributed by atoms with Crippen molar-refractivity contribution in [2.45, 2.75) is 12.3 Å². The van der Waals surface area contributed by atoms with Crippen molar-refractivity contribution in [3.63, 3.8) is 0 Å². The highest BCUT2D eigenvalue weighted by Crippen LogP contribution is 2.32. The molecule has 2 nitrogen and oxygen atoms in total. The fourth-order valence-electron chi connectivity index (χ4n) is 1.06. The summed E-state index contributed by atoms with van der Waals surface area (Å²) in [4.78, 5) is 10.2. The van der Waals surface area contributed by atoms with Crippen LogP contribution in [0, 0.1) is 5.82 Å². The lowest BCUT2D eigenvalue weighted by Crippen LogP contribution is -2.11. The van der Waals surface area contributed by atoms with Crippen LogP contribution in [0.15, 0.2) is 18.2 Å². The van der Waals surface area contributed by atoms with Crippen molar-refractivity contribution in [3.8, 4) is 0 Å². The Labute approximate surface area is 86.3 Å². The molecule has 0 bridgehead atoms. The van der Waals surface area contributed by atoms with E-state index < -0.39 is 35.3 Å². The van der Waals surface area contributed by atoms with Crippen LogP contribution >= 0.6 is 0 Å². The second kappa shape index (κ2) is 4.07. The van der Waals surface area contributed by atoms with E-state index in [-0.39, 0.29) is 6.07 Å². The van der Waals surface area contributed by atoms with Crippen molar-refractivity contribution in [2.75, 3.05) is 0 Å². The van der Waals surface area contributed by atoms with E-state index in [0.29, 0.717) is 12.1 Å². The standard InChI is InChI=1S/C9H5F5O2/c10-6-3-4(7(11)8(15)16)1-2-5(6)9(12,13)14/h1-3,7H,(H,15,16). The largest absolute Gasteiger partial charge is 0.479 e. The number of carboxylic acids is 1. The van der Waals surface area contributed by atoms with Gasteiger partial charge in [-0.25, -0.2) is 13.6 Å². The summed E-state index contributed by atoms with van der Waals surface area (Å²) in [5.74, 6) is -3.59. The second-order valence-corrected chi connectivity index (χ2v) is 2.94. The van der Waals surface area contributed by atoms with E-state index in [9.17, 15) is 26.7 Å². The Morgan fingerprint density at radius 1 is 1.31 bits per heavy atom. The Hall–Kier alpha value is -1.66. The Morgan fingerprint density at radius 3 is 2.25 bits per heavy atom. The van der Waals surface area contributed by atoms with E-state index in [1.807, 2.05) is 0 Å². The van der Waals surface area contributed by atoms with Crippen molar-refractivity contribution in [1.82, 2.24) is 0 Å². The van der Waals surface area contributed by atoms with E-state index in [0.717, 1.165) is 0 Å². The van der Waals surface area contributed by atoms with Crippen molar-refractivity contribution in [1.29, 1.82) is 0 Å². The molecule has 0 aliphatic carbocycles. The molecule has 0 amide bonds. The first kappa shape index (κ1) is 12.4. The predicted molar refractivity (Wildman–Crippen MR) is 42.9 cm³/mol. The first-order chi connectivity index (χ1) is 7.23. The average Bonchev–Trinajstić information content (AvgIpc) is 2.14. The average molecular weight is 240 g/mol. The van der Waals surface area contributed by atoms with Gasteiger partial charge >= 0.3 is 12.1 Å². The van der Waals surface area contributed by atoms with Gasteiger partial charge in [0.05, 0.1) is 5.56 Å². The SMILES string of the molecule is O=C(O)C(F)c1ccc(C(F)(F)F)c(F)c1. The van der Waals surface area contributed by atoms with Crippen LogP contribution in [0.3, 0.4) is 0 Å². The van der Waals surface area contributed by atoms with Crippen LogP contribution in [0.25, 0.3) is 0 Å². The Kier molecular flexibility index (Phi) is 3.16. The fourth-order valence-corrected chi connectivity index (χ4v) is 1.06. The van der Waals surface area contributed by atoms with Gasteiger partial charge in [-0.15, -0.1) is 0 Å². The quantitative estimate of drug-likeness (QED) is 0.807. The molecule has 1 aromatic rings. The molecule has 0 aliphatic heterocycles. The minimum Gasteiger partial charge on any atom is -0.479 e. The zero-order valence-corrected chi connectivity index (χ0v) is 7.55. The summed E-state index contributed by atoms with van der Waals surface area (Å²) in [5.41, 5.74) is -2.23. The maximum atomic E-state index is 12.9. The number of carboxylic acid groups (broad SMARTS) is 1. The molecule has 1 rings (SSSR count). The second-order valence-electron chi connectivity index (χ2n) is 2.94.